The van der Waals surface area contributed by atoms with Gasteiger partial charge in [-0.3, -0.25) is 9.59 Å². The number of nitrogens with zero attached hydrogens (tertiary/aromatic N) is 1. The molecule has 2 aromatic carbocycles. The molecule has 0 aliphatic carbocycles. The quantitative estimate of drug-likeness (QED) is 0.378. The standard InChI is InChI=1S/C29H33FN2O7S/c1-7-40(36,37)17-18-8-10-21(27(34)19-9-11-24(30)25(13-19)38-6)22(12-18)23-15-32(5)26(33)14-20(23)16-39-28(35)31-29(2,3)4/h8-15H,7,16-17H2,1-6H3,(H,31,35). The minimum atomic E-state index is -3.41. The number of halogens is 1. The summed E-state index contributed by atoms with van der Waals surface area (Å²) in [7, 11) is -0.597. The molecule has 214 valence electrons. The lowest BCUT2D eigenvalue weighted by atomic mass is 9.91. The van der Waals surface area contributed by atoms with Gasteiger partial charge in [-0.05, 0) is 56.2 Å². The third-order valence-electron chi connectivity index (χ3n) is 6.01. The predicted octanol–water partition coefficient (Wildman–Crippen LogP) is 4.39. The molecule has 0 atom stereocenters. The lowest BCUT2D eigenvalue weighted by Crippen LogP contribution is -2.40. The van der Waals surface area contributed by atoms with Crippen LogP contribution in [0.5, 0.6) is 5.75 Å². The highest BCUT2D eigenvalue weighted by molar-refractivity contribution is 7.90. The highest BCUT2D eigenvalue weighted by atomic mass is 32.2. The summed E-state index contributed by atoms with van der Waals surface area (Å²) in [6.45, 7) is 6.62. The van der Waals surface area contributed by atoms with Crippen molar-refractivity contribution >= 4 is 21.7 Å². The molecule has 0 spiro atoms. The Morgan fingerprint density at radius 2 is 1.75 bits per heavy atom. The van der Waals surface area contributed by atoms with Crippen molar-refractivity contribution in [3.8, 4) is 16.9 Å². The number of alkyl carbamates (subject to hydrolysis) is 1. The number of sulfone groups is 1. The van der Waals surface area contributed by atoms with Gasteiger partial charge in [0.2, 0.25) is 0 Å². The van der Waals surface area contributed by atoms with Gasteiger partial charge in [0, 0.05) is 52.9 Å². The van der Waals surface area contributed by atoms with Crippen LogP contribution in [0.2, 0.25) is 0 Å². The summed E-state index contributed by atoms with van der Waals surface area (Å²) >= 11 is 0. The fourth-order valence-electron chi connectivity index (χ4n) is 3.93. The van der Waals surface area contributed by atoms with Gasteiger partial charge >= 0.3 is 6.09 Å². The number of amides is 1. The molecule has 3 aromatic rings. The van der Waals surface area contributed by atoms with E-state index in [1.54, 1.807) is 39.8 Å². The van der Waals surface area contributed by atoms with Crippen molar-refractivity contribution in [3.63, 3.8) is 0 Å². The average Bonchev–Trinajstić information content (AvgIpc) is 2.87. The van der Waals surface area contributed by atoms with E-state index in [4.69, 9.17) is 9.47 Å². The Morgan fingerprint density at radius 1 is 1.05 bits per heavy atom. The first-order chi connectivity index (χ1) is 18.6. The number of nitrogens with one attached hydrogen (secondary N) is 1. The Morgan fingerprint density at radius 3 is 2.38 bits per heavy atom. The van der Waals surface area contributed by atoms with E-state index in [0.29, 0.717) is 22.3 Å². The minimum absolute atomic E-state index is 0.0692. The number of hydrogen-bond donors (Lipinski definition) is 1. The first-order valence-corrected chi connectivity index (χ1v) is 14.3. The van der Waals surface area contributed by atoms with E-state index in [9.17, 15) is 27.2 Å². The summed E-state index contributed by atoms with van der Waals surface area (Å²) in [4.78, 5) is 38.6. The van der Waals surface area contributed by atoms with Crippen LogP contribution >= 0.6 is 0 Å². The van der Waals surface area contributed by atoms with Crippen LogP contribution in [0.15, 0.2) is 53.5 Å². The van der Waals surface area contributed by atoms with Crippen molar-refractivity contribution in [2.24, 2.45) is 7.05 Å². The Hall–Kier alpha value is -3.99. The van der Waals surface area contributed by atoms with Gasteiger partial charge in [0.05, 0.1) is 12.9 Å². The zero-order valence-electron chi connectivity index (χ0n) is 23.3. The largest absolute Gasteiger partial charge is 0.494 e. The summed E-state index contributed by atoms with van der Waals surface area (Å²) in [5.41, 5.74) is 0.832. The smallest absolute Gasteiger partial charge is 0.407 e. The molecular formula is C29H33FN2O7S. The molecule has 0 aliphatic rings. The van der Waals surface area contributed by atoms with E-state index in [1.807, 2.05) is 0 Å². The lowest BCUT2D eigenvalue weighted by Gasteiger charge is -2.21. The number of hydrogen-bond acceptors (Lipinski definition) is 7. The number of pyridine rings is 1. The van der Waals surface area contributed by atoms with Crippen LogP contribution in [0.1, 0.15) is 54.7 Å². The van der Waals surface area contributed by atoms with E-state index >= 15 is 0 Å². The second kappa shape index (κ2) is 12.0. The third kappa shape index (κ3) is 7.56. The molecule has 9 nitrogen and oxygen atoms in total. The summed E-state index contributed by atoms with van der Waals surface area (Å²) < 4.78 is 50.5. The van der Waals surface area contributed by atoms with Gasteiger partial charge < -0.3 is 19.4 Å². The van der Waals surface area contributed by atoms with Crippen molar-refractivity contribution in [2.75, 3.05) is 12.9 Å². The van der Waals surface area contributed by atoms with Crippen LogP contribution in [-0.2, 0) is 34.0 Å². The fourth-order valence-corrected chi connectivity index (χ4v) is 4.82. The number of ether oxygens (including phenoxy) is 2. The molecule has 0 bridgehead atoms. The van der Waals surface area contributed by atoms with E-state index in [1.165, 1.54) is 49.2 Å². The van der Waals surface area contributed by atoms with Gasteiger partial charge in [0.25, 0.3) is 5.56 Å². The Labute approximate surface area is 232 Å². The summed E-state index contributed by atoms with van der Waals surface area (Å²) in [5.74, 6) is -1.56. The topological polar surface area (TPSA) is 121 Å². The van der Waals surface area contributed by atoms with E-state index < -0.39 is 33.1 Å². The van der Waals surface area contributed by atoms with Crippen molar-refractivity contribution in [1.29, 1.82) is 0 Å². The molecule has 1 N–H and O–H groups in total. The van der Waals surface area contributed by atoms with Gasteiger partial charge in [0.1, 0.15) is 6.61 Å². The van der Waals surface area contributed by atoms with Crippen LogP contribution in [-0.4, -0.2) is 43.3 Å². The summed E-state index contributed by atoms with van der Waals surface area (Å²) in [6.07, 6.45) is 0.801. The molecule has 0 saturated carbocycles. The number of ketones is 1. The molecule has 0 unspecified atom stereocenters. The number of carbonyl (C=O) groups is 2. The maximum Gasteiger partial charge on any atom is 0.407 e. The second-order valence-corrected chi connectivity index (χ2v) is 12.7. The highest BCUT2D eigenvalue weighted by Gasteiger charge is 2.22. The van der Waals surface area contributed by atoms with Crippen molar-refractivity contribution in [3.05, 3.63) is 87.1 Å². The van der Waals surface area contributed by atoms with Crippen LogP contribution in [0.3, 0.4) is 0 Å². The SMILES string of the molecule is CCS(=O)(=O)Cc1ccc(C(=O)c2ccc(F)c(OC)c2)c(-c2cn(C)c(=O)cc2COC(=O)NC(C)(C)C)c1. The van der Waals surface area contributed by atoms with Gasteiger partial charge in [0.15, 0.2) is 27.2 Å². The normalized spacial score (nSPS) is 11.7. The molecule has 11 heteroatoms. The zero-order chi connectivity index (χ0) is 29.8. The van der Waals surface area contributed by atoms with Crippen molar-refractivity contribution < 1.29 is 31.9 Å². The molecule has 1 aromatic heterocycles. The Kier molecular flexibility index (Phi) is 9.19. The van der Waals surface area contributed by atoms with Gasteiger partial charge in [-0.15, -0.1) is 0 Å². The molecule has 1 heterocycles. The van der Waals surface area contributed by atoms with Crippen LogP contribution in [0.25, 0.3) is 11.1 Å². The maximum atomic E-state index is 14.0. The highest BCUT2D eigenvalue weighted by Crippen LogP contribution is 2.31. The average molecular weight is 573 g/mol. The summed E-state index contributed by atoms with van der Waals surface area (Å²) in [5, 5.41) is 2.67. The molecule has 0 saturated heterocycles. The monoisotopic (exact) mass is 572 g/mol. The van der Waals surface area contributed by atoms with Crippen LogP contribution in [0.4, 0.5) is 9.18 Å². The molecule has 1 amide bonds. The Balaban J connectivity index is 2.20. The van der Waals surface area contributed by atoms with Gasteiger partial charge in [-0.2, -0.15) is 0 Å². The first-order valence-electron chi connectivity index (χ1n) is 12.5. The van der Waals surface area contributed by atoms with E-state index in [-0.39, 0.29) is 40.5 Å². The van der Waals surface area contributed by atoms with Crippen molar-refractivity contribution in [1.82, 2.24) is 9.88 Å². The minimum Gasteiger partial charge on any atom is -0.494 e. The number of rotatable bonds is 9. The van der Waals surface area contributed by atoms with Gasteiger partial charge in [-0.1, -0.05) is 19.1 Å². The molecule has 3 rings (SSSR count). The van der Waals surface area contributed by atoms with Crippen LogP contribution < -0.4 is 15.6 Å². The molecule has 0 aliphatic heterocycles. The molecule has 0 fully saturated rings. The van der Waals surface area contributed by atoms with E-state index in [0.717, 1.165) is 6.07 Å². The number of carbonyl (C=O) groups excluding carboxylic acids is 2. The van der Waals surface area contributed by atoms with Crippen LogP contribution in [0, 0.1) is 5.82 Å². The number of benzene rings is 2. The fraction of sp³-hybridized carbons (Fsp3) is 0.345. The zero-order valence-corrected chi connectivity index (χ0v) is 24.1. The summed E-state index contributed by atoms with van der Waals surface area (Å²) in [6, 6.07) is 9.62. The van der Waals surface area contributed by atoms with Crippen molar-refractivity contribution in [2.45, 2.75) is 45.6 Å². The number of aryl methyl sites for hydroxylation is 1. The predicted molar refractivity (Wildman–Crippen MR) is 150 cm³/mol. The second-order valence-electron chi connectivity index (χ2n) is 10.3. The maximum absolute atomic E-state index is 14.0. The lowest BCUT2D eigenvalue weighted by molar-refractivity contribution is 0.103. The van der Waals surface area contributed by atoms with Gasteiger partial charge in [-0.25, -0.2) is 17.6 Å². The Bertz CT molecular complexity index is 1610. The molecule has 40 heavy (non-hydrogen) atoms. The number of aromatic nitrogens is 1. The third-order valence-corrected chi connectivity index (χ3v) is 7.66. The molecule has 0 radical (unpaired) electrons. The first kappa shape index (κ1) is 30.6. The van der Waals surface area contributed by atoms with E-state index in [2.05, 4.69) is 5.32 Å². The number of methoxy groups -OCH3 is 1. The molecular weight excluding hydrogens is 539 g/mol.